The van der Waals surface area contributed by atoms with Crippen molar-refractivity contribution in [2.45, 2.75) is 12.3 Å². The van der Waals surface area contributed by atoms with Crippen LogP contribution in [-0.2, 0) is 5.41 Å². The molecule has 10 aromatic carbocycles. The molecule has 1 aliphatic carbocycles. The SMILES string of the molecule is CC1(c2ccc([Si](c3ccccc3)(c3ccccc3)c3ccccc3)cc2)c2ccccc2-c2ccc(N(c3ccc(-c4ccccc4)cc3)c3ccc(-c4ccccc4)cc3)cc21. The monoisotopic (exact) mass is 833 g/mol. The number of rotatable bonds is 10. The zero-order chi connectivity index (χ0) is 42.9. The van der Waals surface area contributed by atoms with E-state index in [0.717, 1.165) is 17.1 Å². The third kappa shape index (κ3) is 6.63. The molecule has 0 aromatic heterocycles. The predicted molar refractivity (Wildman–Crippen MR) is 273 cm³/mol. The van der Waals surface area contributed by atoms with Crippen molar-refractivity contribution in [3.05, 3.63) is 284 Å². The molecule has 304 valence electrons. The van der Waals surface area contributed by atoms with Crippen molar-refractivity contribution in [2.75, 3.05) is 4.90 Å². The standard InChI is InChI=1S/C62H47NSi/c1-62(50-35-42-57(43-36-50)64(54-23-11-4-12-24-54,55-25-13-5-14-26-55)56-27-15-6-16-28-56)60-30-18-17-29-58(60)59-44-41-53(45-61(59)62)63(51-37-31-48(32-38-51)46-19-7-2-8-20-46)52-39-33-49(34-40-52)47-21-9-3-10-22-47/h2-45H,1H3. The van der Waals surface area contributed by atoms with Gasteiger partial charge in [-0.2, -0.15) is 0 Å². The first-order valence-corrected chi connectivity index (χ1v) is 24.3. The molecule has 0 N–H and O–H groups in total. The Morgan fingerprint density at radius 1 is 0.297 bits per heavy atom. The number of hydrogen-bond acceptors (Lipinski definition) is 1. The second-order valence-electron chi connectivity index (χ2n) is 17.0. The van der Waals surface area contributed by atoms with Crippen molar-refractivity contribution in [1.82, 2.24) is 0 Å². The van der Waals surface area contributed by atoms with E-state index in [1.54, 1.807) is 0 Å². The van der Waals surface area contributed by atoms with Crippen molar-refractivity contribution < 1.29 is 0 Å². The van der Waals surface area contributed by atoms with E-state index in [1.807, 2.05) is 0 Å². The first-order chi connectivity index (χ1) is 31.6. The lowest BCUT2D eigenvalue weighted by Crippen LogP contribution is -2.74. The molecule has 64 heavy (non-hydrogen) atoms. The molecule has 0 radical (unpaired) electrons. The molecule has 2 heteroatoms. The van der Waals surface area contributed by atoms with Crippen molar-refractivity contribution in [1.29, 1.82) is 0 Å². The van der Waals surface area contributed by atoms with Gasteiger partial charge in [-0.05, 0) is 114 Å². The van der Waals surface area contributed by atoms with Crippen LogP contribution in [0.3, 0.4) is 0 Å². The summed E-state index contributed by atoms with van der Waals surface area (Å²) in [4.78, 5) is 2.41. The Bertz CT molecular complexity index is 2990. The fourth-order valence-corrected chi connectivity index (χ4v) is 15.1. The van der Waals surface area contributed by atoms with Gasteiger partial charge in [0, 0.05) is 22.5 Å². The minimum Gasteiger partial charge on any atom is -0.310 e. The topological polar surface area (TPSA) is 3.24 Å². The van der Waals surface area contributed by atoms with Gasteiger partial charge >= 0.3 is 0 Å². The van der Waals surface area contributed by atoms with E-state index < -0.39 is 13.5 Å². The summed E-state index contributed by atoms with van der Waals surface area (Å²) in [6.45, 7) is 2.43. The molecule has 0 aliphatic heterocycles. The van der Waals surface area contributed by atoms with Crippen LogP contribution >= 0.6 is 0 Å². The maximum atomic E-state index is 2.45. The van der Waals surface area contributed by atoms with Crippen LogP contribution in [0, 0.1) is 0 Å². The van der Waals surface area contributed by atoms with E-state index in [9.17, 15) is 0 Å². The Morgan fingerprint density at radius 2 is 0.656 bits per heavy atom. The molecule has 0 heterocycles. The van der Waals surface area contributed by atoms with Gasteiger partial charge in [-0.25, -0.2) is 0 Å². The average molecular weight is 834 g/mol. The highest BCUT2D eigenvalue weighted by molar-refractivity contribution is 7.19. The van der Waals surface area contributed by atoms with Crippen LogP contribution in [0.25, 0.3) is 33.4 Å². The predicted octanol–water partition coefficient (Wildman–Crippen LogP) is 13.2. The van der Waals surface area contributed by atoms with E-state index >= 15 is 0 Å². The highest BCUT2D eigenvalue weighted by atomic mass is 28.3. The second kappa shape index (κ2) is 16.5. The van der Waals surface area contributed by atoms with Gasteiger partial charge in [0.05, 0.1) is 0 Å². The Labute approximate surface area is 378 Å². The molecule has 1 nitrogen and oxygen atoms in total. The van der Waals surface area contributed by atoms with Crippen LogP contribution in [0.5, 0.6) is 0 Å². The molecule has 0 amide bonds. The molecule has 1 atom stereocenters. The summed E-state index contributed by atoms with van der Waals surface area (Å²) in [5.74, 6) is 0. The first-order valence-electron chi connectivity index (χ1n) is 22.3. The summed E-state index contributed by atoms with van der Waals surface area (Å²) >= 11 is 0. The Hall–Kier alpha value is -7.78. The lowest BCUT2D eigenvalue weighted by Gasteiger charge is -2.35. The van der Waals surface area contributed by atoms with E-state index in [0.29, 0.717) is 0 Å². The molecule has 0 fully saturated rings. The van der Waals surface area contributed by atoms with Gasteiger partial charge < -0.3 is 4.90 Å². The molecule has 0 saturated heterocycles. The van der Waals surface area contributed by atoms with Crippen molar-refractivity contribution in [3.8, 4) is 33.4 Å². The highest BCUT2D eigenvalue weighted by Crippen LogP contribution is 2.54. The molecule has 11 rings (SSSR count). The minimum atomic E-state index is -2.69. The quantitative estimate of drug-likeness (QED) is 0.0980. The molecule has 0 saturated carbocycles. The summed E-state index contributed by atoms with van der Waals surface area (Å²) < 4.78 is 0. The van der Waals surface area contributed by atoms with Crippen LogP contribution < -0.4 is 25.6 Å². The third-order valence-corrected chi connectivity index (χ3v) is 18.3. The molecule has 1 unspecified atom stereocenters. The summed E-state index contributed by atoms with van der Waals surface area (Å²) in [7, 11) is -2.69. The summed E-state index contributed by atoms with van der Waals surface area (Å²) in [6, 6.07) is 98.7. The first kappa shape index (κ1) is 39.1. The molecular formula is C62H47NSi. The maximum Gasteiger partial charge on any atom is 0.179 e. The maximum absolute atomic E-state index is 2.69. The molecule has 0 spiro atoms. The summed E-state index contributed by atoms with van der Waals surface area (Å²) in [5.41, 5.74) is 14.2. The lowest BCUT2D eigenvalue weighted by molar-refractivity contribution is 0.714. The highest BCUT2D eigenvalue weighted by Gasteiger charge is 2.44. The van der Waals surface area contributed by atoms with Gasteiger partial charge in [-0.15, -0.1) is 0 Å². The van der Waals surface area contributed by atoms with Gasteiger partial charge in [0.25, 0.3) is 0 Å². The number of anilines is 3. The number of fused-ring (bicyclic) bond motifs is 3. The Balaban J connectivity index is 1.06. The number of benzene rings is 10. The van der Waals surface area contributed by atoms with Crippen LogP contribution in [-0.4, -0.2) is 8.07 Å². The minimum absolute atomic E-state index is 0.406. The third-order valence-electron chi connectivity index (χ3n) is 13.5. The zero-order valence-corrected chi connectivity index (χ0v) is 36.9. The fourth-order valence-electron chi connectivity index (χ4n) is 10.4. The fraction of sp³-hybridized carbons (Fsp3) is 0.0323. The summed E-state index contributed by atoms with van der Waals surface area (Å²) in [6.07, 6.45) is 0. The van der Waals surface area contributed by atoms with Gasteiger partial charge in [-0.1, -0.05) is 231 Å². The Morgan fingerprint density at radius 3 is 1.12 bits per heavy atom. The lowest BCUT2D eigenvalue weighted by atomic mass is 9.74. The normalized spacial score (nSPS) is 14.1. The van der Waals surface area contributed by atoms with Crippen LogP contribution in [0.4, 0.5) is 17.1 Å². The second-order valence-corrected chi connectivity index (χ2v) is 20.8. The molecule has 10 aromatic rings. The van der Waals surface area contributed by atoms with Crippen LogP contribution in [0.15, 0.2) is 267 Å². The average Bonchev–Trinajstić information content (AvgIpc) is 3.64. The molecular weight excluding hydrogens is 787 g/mol. The van der Waals surface area contributed by atoms with E-state index in [-0.39, 0.29) is 0 Å². The van der Waals surface area contributed by atoms with Gasteiger partial charge in [0.1, 0.15) is 0 Å². The van der Waals surface area contributed by atoms with Gasteiger partial charge in [0.2, 0.25) is 0 Å². The van der Waals surface area contributed by atoms with E-state index in [1.165, 1.54) is 70.8 Å². The molecule has 1 aliphatic rings. The smallest absolute Gasteiger partial charge is 0.179 e. The number of nitrogens with zero attached hydrogens (tertiary/aromatic N) is 1. The zero-order valence-electron chi connectivity index (χ0n) is 35.9. The number of hydrogen-bond donors (Lipinski definition) is 0. The van der Waals surface area contributed by atoms with Crippen molar-refractivity contribution in [2.24, 2.45) is 0 Å². The van der Waals surface area contributed by atoms with Crippen LogP contribution in [0.2, 0.25) is 0 Å². The van der Waals surface area contributed by atoms with E-state index in [4.69, 9.17) is 0 Å². The van der Waals surface area contributed by atoms with Crippen molar-refractivity contribution in [3.63, 3.8) is 0 Å². The largest absolute Gasteiger partial charge is 0.310 e. The van der Waals surface area contributed by atoms with Gasteiger partial charge in [0.15, 0.2) is 8.07 Å². The van der Waals surface area contributed by atoms with Crippen LogP contribution in [0.1, 0.15) is 23.6 Å². The molecule has 0 bridgehead atoms. The summed E-state index contributed by atoms with van der Waals surface area (Å²) in [5, 5.41) is 5.50. The van der Waals surface area contributed by atoms with Crippen molar-refractivity contribution >= 4 is 45.9 Å². The van der Waals surface area contributed by atoms with Gasteiger partial charge in [-0.3, -0.25) is 0 Å². The Kier molecular flexibility index (Phi) is 10.1. The van der Waals surface area contributed by atoms with E-state index in [2.05, 4.69) is 279 Å².